The van der Waals surface area contributed by atoms with Gasteiger partial charge in [-0.1, -0.05) is 26.0 Å². The number of piperidine rings is 1. The predicted molar refractivity (Wildman–Crippen MR) is 93.3 cm³/mol. The van der Waals surface area contributed by atoms with Crippen LogP contribution in [-0.2, 0) is 11.6 Å². The topological polar surface area (TPSA) is 59.7 Å². The summed E-state index contributed by atoms with van der Waals surface area (Å²) in [7, 11) is 0. The zero-order chi connectivity index (χ0) is 19.4. The van der Waals surface area contributed by atoms with Crippen LogP contribution in [0.1, 0.15) is 63.9 Å². The highest BCUT2D eigenvalue weighted by Gasteiger charge is 2.44. The molecule has 2 aliphatic rings. The number of halogens is 3. The van der Waals surface area contributed by atoms with E-state index in [9.17, 15) is 13.2 Å². The summed E-state index contributed by atoms with van der Waals surface area (Å²) >= 11 is 0. The summed E-state index contributed by atoms with van der Waals surface area (Å²) in [5, 5.41) is 8.61. The predicted octanol–water partition coefficient (Wildman–Crippen LogP) is 3.76. The van der Waals surface area contributed by atoms with Crippen molar-refractivity contribution in [2.75, 3.05) is 4.90 Å². The number of fused-ring (bicyclic) bond motifs is 2. The molecule has 2 aromatic rings. The molecule has 0 N–H and O–H groups in total. The summed E-state index contributed by atoms with van der Waals surface area (Å²) in [6.45, 7) is 6.29. The normalized spacial score (nSPS) is 25.9. The van der Waals surface area contributed by atoms with Gasteiger partial charge in [-0.3, -0.25) is 0 Å². The van der Waals surface area contributed by atoms with Gasteiger partial charge >= 0.3 is 6.18 Å². The Labute approximate surface area is 155 Å². The minimum Gasteiger partial charge on any atom is -0.335 e. The van der Waals surface area contributed by atoms with E-state index in [1.807, 2.05) is 15.8 Å². The molecule has 0 radical (unpaired) electrons. The molecule has 2 aliphatic heterocycles. The Hall–Kier alpha value is -2.19. The van der Waals surface area contributed by atoms with Crippen molar-refractivity contribution in [1.29, 1.82) is 0 Å². The van der Waals surface area contributed by atoms with Crippen molar-refractivity contribution in [3.8, 4) is 0 Å². The smallest absolute Gasteiger partial charge is 0.335 e. The Bertz CT molecular complexity index is 811. The molecule has 0 spiro atoms. The highest BCUT2D eigenvalue weighted by atomic mass is 19.4. The van der Waals surface area contributed by atoms with Gasteiger partial charge in [0, 0.05) is 29.9 Å². The number of anilines is 1. The number of rotatable bonds is 2. The van der Waals surface area contributed by atoms with E-state index in [2.05, 4.69) is 41.1 Å². The minimum absolute atomic E-state index is 0.0657. The van der Waals surface area contributed by atoms with Crippen LogP contribution in [0.3, 0.4) is 0 Å². The van der Waals surface area contributed by atoms with Gasteiger partial charge in [-0.25, -0.2) is 14.6 Å². The standard InChI is InChI=1S/C18H23F3N6/c1-17(2,3)15-10-26(25-24-15)13-8-11-4-5-12(9-13)27(11)16-22-7-6-14(23-16)18(19,20)21/h6-7,10-13H,4-5,8-9H2,1-3H3. The fourth-order valence-electron chi connectivity index (χ4n) is 4.12. The van der Waals surface area contributed by atoms with Gasteiger partial charge in [0.25, 0.3) is 0 Å². The Morgan fingerprint density at radius 3 is 2.22 bits per heavy atom. The fourth-order valence-corrected chi connectivity index (χ4v) is 4.12. The van der Waals surface area contributed by atoms with Gasteiger partial charge in [-0.05, 0) is 31.7 Å². The molecular weight excluding hydrogens is 357 g/mol. The molecule has 4 rings (SSSR count). The third-order valence-electron chi connectivity index (χ3n) is 5.53. The van der Waals surface area contributed by atoms with Crippen LogP contribution < -0.4 is 4.90 Å². The van der Waals surface area contributed by atoms with E-state index in [4.69, 9.17) is 0 Å². The average molecular weight is 380 g/mol. The average Bonchev–Trinajstić information content (AvgIpc) is 3.17. The second kappa shape index (κ2) is 6.17. The van der Waals surface area contributed by atoms with Crippen LogP contribution in [0.4, 0.5) is 19.1 Å². The molecule has 0 amide bonds. The molecule has 9 heteroatoms. The summed E-state index contributed by atoms with van der Waals surface area (Å²) in [5.41, 5.74) is -0.0114. The third kappa shape index (κ3) is 3.39. The number of alkyl halides is 3. The van der Waals surface area contributed by atoms with E-state index in [1.54, 1.807) is 0 Å². The molecule has 2 fully saturated rings. The minimum atomic E-state index is -4.46. The Morgan fingerprint density at radius 2 is 1.67 bits per heavy atom. The third-order valence-corrected chi connectivity index (χ3v) is 5.53. The van der Waals surface area contributed by atoms with Gasteiger partial charge in [0.2, 0.25) is 5.95 Å². The molecule has 0 aliphatic carbocycles. The molecule has 2 unspecified atom stereocenters. The maximum Gasteiger partial charge on any atom is 0.433 e. The molecule has 6 nitrogen and oxygen atoms in total. The zero-order valence-corrected chi connectivity index (χ0v) is 15.6. The van der Waals surface area contributed by atoms with Gasteiger partial charge < -0.3 is 4.90 Å². The Balaban J connectivity index is 1.55. The lowest BCUT2D eigenvalue weighted by Crippen LogP contribution is -2.44. The molecular formula is C18H23F3N6. The van der Waals surface area contributed by atoms with Crippen LogP contribution in [0.5, 0.6) is 0 Å². The second-order valence-electron chi connectivity index (χ2n) is 8.49. The van der Waals surface area contributed by atoms with Crippen LogP contribution >= 0.6 is 0 Å². The van der Waals surface area contributed by atoms with Crippen LogP contribution in [0.15, 0.2) is 18.5 Å². The van der Waals surface area contributed by atoms with E-state index in [0.29, 0.717) is 0 Å². The summed E-state index contributed by atoms with van der Waals surface area (Å²) < 4.78 is 40.9. The van der Waals surface area contributed by atoms with Crippen LogP contribution in [-0.4, -0.2) is 37.0 Å². The van der Waals surface area contributed by atoms with Crippen molar-refractivity contribution < 1.29 is 13.2 Å². The number of hydrogen-bond donors (Lipinski definition) is 0. The largest absolute Gasteiger partial charge is 0.433 e. The van der Waals surface area contributed by atoms with Crippen molar-refractivity contribution in [3.63, 3.8) is 0 Å². The first-order chi connectivity index (χ1) is 12.6. The first-order valence-corrected chi connectivity index (χ1v) is 9.24. The van der Waals surface area contributed by atoms with E-state index in [0.717, 1.165) is 37.4 Å². The van der Waals surface area contributed by atoms with E-state index in [1.165, 1.54) is 6.20 Å². The molecule has 27 heavy (non-hydrogen) atoms. The van der Waals surface area contributed by atoms with E-state index < -0.39 is 11.9 Å². The number of hydrogen-bond acceptors (Lipinski definition) is 5. The monoisotopic (exact) mass is 380 g/mol. The summed E-state index contributed by atoms with van der Waals surface area (Å²) in [6.07, 6.45) is 2.22. The summed E-state index contributed by atoms with van der Waals surface area (Å²) in [6, 6.07) is 1.37. The molecule has 2 saturated heterocycles. The van der Waals surface area contributed by atoms with Crippen molar-refractivity contribution in [2.24, 2.45) is 0 Å². The second-order valence-corrected chi connectivity index (χ2v) is 8.49. The molecule has 2 aromatic heterocycles. The quantitative estimate of drug-likeness (QED) is 0.794. The Kier molecular flexibility index (Phi) is 4.16. The van der Waals surface area contributed by atoms with Gasteiger partial charge in [-0.2, -0.15) is 13.2 Å². The lowest BCUT2D eigenvalue weighted by atomic mass is 9.93. The highest BCUT2D eigenvalue weighted by molar-refractivity contribution is 5.38. The maximum absolute atomic E-state index is 13.0. The molecule has 2 atom stereocenters. The van der Waals surface area contributed by atoms with E-state index in [-0.39, 0.29) is 29.5 Å². The van der Waals surface area contributed by atoms with E-state index >= 15 is 0 Å². The maximum atomic E-state index is 13.0. The summed E-state index contributed by atoms with van der Waals surface area (Å²) in [4.78, 5) is 9.91. The number of aromatic nitrogens is 5. The van der Waals surface area contributed by atoms with Crippen molar-refractivity contribution >= 4 is 5.95 Å². The highest BCUT2D eigenvalue weighted by Crippen LogP contribution is 2.42. The van der Waals surface area contributed by atoms with Crippen LogP contribution in [0.25, 0.3) is 0 Å². The molecule has 146 valence electrons. The molecule has 2 bridgehead atoms. The fraction of sp³-hybridized carbons (Fsp3) is 0.667. The summed E-state index contributed by atoms with van der Waals surface area (Å²) in [5.74, 6) is 0.185. The molecule has 0 aromatic carbocycles. The van der Waals surface area contributed by atoms with Crippen molar-refractivity contribution in [2.45, 2.75) is 76.2 Å². The van der Waals surface area contributed by atoms with Gasteiger partial charge in [0.1, 0.15) is 5.69 Å². The first kappa shape index (κ1) is 18.2. The first-order valence-electron chi connectivity index (χ1n) is 9.24. The SMILES string of the molecule is CC(C)(C)c1cn(C2CC3CCC(C2)N3c2nccc(C(F)(F)F)n2)nn1. The molecule has 4 heterocycles. The lowest BCUT2D eigenvalue weighted by molar-refractivity contribution is -0.141. The molecule has 0 saturated carbocycles. The van der Waals surface area contributed by atoms with Crippen molar-refractivity contribution in [3.05, 3.63) is 29.8 Å². The lowest BCUT2D eigenvalue weighted by Gasteiger charge is -2.38. The number of nitrogens with zero attached hydrogens (tertiary/aromatic N) is 6. The van der Waals surface area contributed by atoms with Crippen molar-refractivity contribution in [1.82, 2.24) is 25.0 Å². The zero-order valence-electron chi connectivity index (χ0n) is 15.6. The van der Waals surface area contributed by atoms with Crippen LogP contribution in [0.2, 0.25) is 0 Å². The van der Waals surface area contributed by atoms with Gasteiger partial charge in [0.05, 0.1) is 11.7 Å². The van der Waals surface area contributed by atoms with Crippen LogP contribution in [0, 0.1) is 0 Å². The van der Waals surface area contributed by atoms with Gasteiger partial charge in [-0.15, -0.1) is 5.10 Å². The van der Waals surface area contributed by atoms with Gasteiger partial charge in [0.15, 0.2) is 0 Å². The Morgan fingerprint density at radius 1 is 1.00 bits per heavy atom.